The van der Waals surface area contributed by atoms with Crippen LogP contribution in [0, 0.1) is 0 Å². The topological polar surface area (TPSA) is 85.0 Å². The van der Waals surface area contributed by atoms with E-state index in [9.17, 15) is 4.79 Å². The smallest absolute Gasteiger partial charge is 0.273 e. The van der Waals surface area contributed by atoms with E-state index in [2.05, 4.69) is 20.7 Å². The Bertz CT molecular complexity index is 620. The first-order valence-electron chi connectivity index (χ1n) is 7.13. The summed E-state index contributed by atoms with van der Waals surface area (Å²) in [6.07, 6.45) is 1.31. The van der Waals surface area contributed by atoms with Crippen molar-refractivity contribution in [2.75, 3.05) is 6.54 Å². The van der Waals surface area contributed by atoms with Crippen LogP contribution in [0.5, 0.6) is 0 Å². The zero-order valence-electron chi connectivity index (χ0n) is 12.2. The van der Waals surface area contributed by atoms with Gasteiger partial charge in [0, 0.05) is 19.0 Å². The normalized spacial score (nSPS) is 14.2. The number of amides is 1. The third-order valence-electron chi connectivity index (χ3n) is 3.48. The molecule has 7 heteroatoms. The zero-order valence-corrected chi connectivity index (χ0v) is 12.2. The number of nitrogens with zero attached hydrogens (tertiary/aromatic N) is 3. The predicted octanol–water partition coefficient (Wildman–Crippen LogP) is 1.03. The second-order valence-electron chi connectivity index (χ2n) is 5.43. The van der Waals surface area contributed by atoms with Gasteiger partial charge in [0.1, 0.15) is 5.76 Å². The summed E-state index contributed by atoms with van der Waals surface area (Å²) in [6, 6.07) is 2.01. The van der Waals surface area contributed by atoms with E-state index in [1.54, 1.807) is 0 Å². The Balaban J connectivity index is 1.65. The number of aromatic nitrogens is 3. The van der Waals surface area contributed by atoms with Gasteiger partial charge < -0.3 is 15.1 Å². The van der Waals surface area contributed by atoms with Gasteiger partial charge in [-0.2, -0.15) is 5.10 Å². The molecule has 0 aliphatic carbocycles. The van der Waals surface area contributed by atoms with Crippen molar-refractivity contribution in [2.24, 2.45) is 0 Å². The molecule has 2 aromatic heterocycles. The van der Waals surface area contributed by atoms with Gasteiger partial charge in [0.05, 0.1) is 24.5 Å². The SMILES string of the molecule is CC(C)c1ocnc1C(=O)NCc1cc2n(n1)CCNC2. The Labute approximate surface area is 122 Å². The number of nitrogens with one attached hydrogen (secondary N) is 2. The predicted molar refractivity (Wildman–Crippen MR) is 75.7 cm³/mol. The highest BCUT2D eigenvalue weighted by atomic mass is 16.3. The molecule has 3 rings (SSSR count). The van der Waals surface area contributed by atoms with Gasteiger partial charge in [0.15, 0.2) is 12.1 Å². The Kier molecular flexibility index (Phi) is 3.74. The molecule has 0 bridgehead atoms. The number of carbonyl (C=O) groups excluding carboxylic acids is 1. The van der Waals surface area contributed by atoms with Crippen molar-refractivity contribution in [3.63, 3.8) is 0 Å². The summed E-state index contributed by atoms with van der Waals surface area (Å²) < 4.78 is 7.25. The number of carbonyl (C=O) groups is 1. The second-order valence-corrected chi connectivity index (χ2v) is 5.43. The second kappa shape index (κ2) is 5.69. The van der Waals surface area contributed by atoms with E-state index >= 15 is 0 Å². The molecular formula is C14H19N5O2. The minimum absolute atomic E-state index is 0.124. The molecule has 7 nitrogen and oxygen atoms in total. The van der Waals surface area contributed by atoms with Gasteiger partial charge in [0.2, 0.25) is 0 Å². The van der Waals surface area contributed by atoms with E-state index in [0.717, 1.165) is 31.0 Å². The van der Waals surface area contributed by atoms with E-state index in [-0.39, 0.29) is 11.8 Å². The first kappa shape index (κ1) is 13.8. The summed E-state index contributed by atoms with van der Waals surface area (Å²) in [4.78, 5) is 16.2. The molecule has 0 fully saturated rings. The summed E-state index contributed by atoms with van der Waals surface area (Å²) in [5.41, 5.74) is 2.36. The molecule has 1 aliphatic heterocycles. The van der Waals surface area contributed by atoms with Crippen molar-refractivity contribution in [3.05, 3.63) is 35.3 Å². The van der Waals surface area contributed by atoms with Crippen LogP contribution in [0.1, 0.15) is 47.4 Å². The Morgan fingerprint density at radius 2 is 2.43 bits per heavy atom. The maximum atomic E-state index is 12.2. The van der Waals surface area contributed by atoms with Crippen LogP contribution in [0.2, 0.25) is 0 Å². The van der Waals surface area contributed by atoms with Crippen LogP contribution in [0.15, 0.2) is 16.9 Å². The highest BCUT2D eigenvalue weighted by Gasteiger charge is 2.19. The molecule has 1 aliphatic rings. The first-order valence-corrected chi connectivity index (χ1v) is 7.13. The summed E-state index contributed by atoms with van der Waals surface area (Å²) in [5, 5.41) is 10.6. The molecule has 21 heavy (non-hydrogen) atoms. The first-order chi connectivity index (χ1) is 10.1. The molecule has 2 aromatic rings. The molecule has 0 radical (unpaired) electrons. The minimum atomic E-state index is -0.225. The van der Waals surface area contributed by atoms with E-state index in [4.69, 9.17) is 4.42 Å². The summed E-state index contributed by atoms with van der Waals surface area (Å²) in [6.45, 7) is 6.94. The van der Waals surface area contributed by atoms with E-state index in [1.165, 1.54) is 6.39 Å². The van der Waals surface area contributed by atoms with E-state index in [1.807, 2.05) is 24.6 Å². The maximum absolute atomic E-state index is 12.2. The molecular weight excluding hydrogens is 270 g/mol. The summed E-state index contributed by atoms with van der Waals surface area (Å²) in [5.74, 6) is 0.511. The number of rotatable bonds is 4. The van der Waals surface area contributed by atoms with Crippen LogP contribution in [-0.4, -0.2) is 27.2 Å². The van der Waals surface area contributed by atoms with Crippen molar-refractivity contribution >= 4 is 5.91 Å². The van der Waals surface area contributed by atoms with Crippen LogP contribution in [0.25, 0.3) is 0 Å². The number of oxazole rings is 1. The fourth-order valence-corrected chi connectivity index (χ4v) is 2.43. The number of hydrogen-bond acceptors (Lipinski definition) is 5. The summed E-state index contributed by atoms with van der Waals surface area (Å²) in [7, 11) is 0. The molecule has 112 valence electrons. The van der Waals surface area contributed by atoms with E-state index in [0.29, 0.717) is 18.0 Å². The number of fused-ring (bicyclic) bond motifs is 1. The third-order valence-corrected chi connectivity index (χ3v) is 3.48. The molecule has 0 saturated heterocycles. The Hall–Kier alpha value is -2.15. The molecule has 0 spiro atoms. The average Bonchev–Trinajstić information content (AvgIpc) is 3.10. The molecule has 2 N–H and O–H groups in total. The lowest BCUT2D eigenvalue weighted by Crippen LogP contribution is -2.28. The molecule has 0 saturated carbocycles. The highest BCUT2D eigenvalue weighted by molar-refractivity contribution is 5.93. The van der Waals surface area contributed by atoms with Crippen molar-refractivity contribution in [1.29, 1.82) is 0 Å². The lowest BCUT2D eigenvalue weighted by atomic mass is 10.1. The molecule has 3 heterocycles. The van der Waals surface area contributed by atoms with Crippen LogP contribution in [0.3, 0.4) is 0 Å². The van der Waals surface area contributed by atoms with Crippen LogP contribution in [-0.2, 0) is 19.6 Å². The Morgan fingerprint density at radius 3 is 3.19 bits per heavy atom. The third kappa shape index (κ3) is 2.82. The van der Waals surface area contributed by atoms with Gasteiger partial charge >= 0.3 is 0 Å². The fourth-order valence-electron chi connectivity index (χ4n) is 2.43. The van der Waals surface area contributed by atoms with E-state index < -0.39 is 0 Å². The average molecular weight is 289 g/mol. The zero-order chi connectivity index (χ0) is 14.8. The van der Waals surface area contributed by atoms with Gasteiger partial charge in [0.25, 0.3) is 5.91 Å². The highest BCUT2D eigenvalue weighted by Crippen LogP contribution is 2.18. The van der Waals surface area contributed by atoms with Crippen molar-refractivity contribution < 1.29 is 9.21 Å². The lowest BCUT2D eigenvalue weighted by Gasteiger charge is -2.13. The van der Waals surface area contributed by atoms with Gasteiger partial charge in [-0.3, -0.25) is 9.48 Å². The molecule has 0 aromatic carbocycles. The van der Waals surface area contributed by atoms with Gasteiger partial charge in [-0.1, -0.05) is 13.8 Å². The van der Waals surface area contributed by atoms with Gasteiger partial charge in [-0.05, 0) is 6.07 Å². The molecule has 0 unspecified atom stereocenters. The standard InChI is InChI=1S/C14H19N5O2/c1-9(2)13-12(17-8-21-13)14(20)16-6-10-5-11-7-15-3-4-19(11)18-10/h5,8-9,15H,3-4,6-7H2,1-2H3,(H,16,20). The quantitative estimate of drug-likeness (QED) is 0.878. The van der Waals surface area contributed by atoms with Crippen molar-refractivity contribution in [3.8, 4) is 0 Å². The lowest BCUT2D eigenvalue weighted by molar-refractivity contribution is 0.0943. The van der Waals surface area contributed by atoms with Gasteiger partial charge in [-0.25, -0.2) is 4.98 Å². The van der Waals surface area contributed by atoms with Crippen LogP contribution in [0.4, 0.5) is 0 Å². The van der Waals surface area contributed by atoms with Crippen LogP contribution >= 0.6 is 0 Å². The Morgan fingerprint density at radius 1 is 1.57 bits per heavy atom. The molecule has 0 atom stereocenters. The van der Waals surface area contributed by atoms with Crippen molar-refractivity contribution in [1.82, 2.24) is 25.4 Å². The summed E-state index contributed by atoms with van der Waals surface area (Å²) >= 11 is 0. The fraction of sp³-hybridized carbons (Fsp3) is 0.500. The minimum Gasteiger partial charge on any atom is -0.447 e. The monoisotopic (exact) mass is 289 g/mol. The molecule has 1 amide bonds. The van der Waals surface area contributed by atoms with Crippen molar-refractivity contribution in [2.45, 2.75) is 39.4 Å². The van der Waals surface area contributed by atoms with Crippen LogP contribution < -0.4 is 10.6 Å². The maximum Gasteiger partial charge on any atom is 0.273 e. The van der Waals surface area contributed by atoms with Gasteiger partial charge in [-0.15, -0.1) is 0 Å². The largest absolute Gasteiger partial charge is 0.447 e. The number of hydrogen-bond donors (Lipinski definition) is 2.